The zero-order chi connectivity index (χ0) is 17.3. The number of nitrogens with zero attached hydrogens (tertiary/aromatic N) is 1. The molecule has 0 fully saturated rings. The van der Waals surface area contributed by atoms with Gasteiger partial charge in [0, 0.05) is 18.8 Å². The molecule has 2 aromatic carbocycles. The van der Waals surface area contributed by atoms with Crippen molar-refractivity contribution in [1.82, 2.24) is 0 Å². The summed E-state index contributed by atoms with van der Waals surface area (Å²) in [4.78, 5) is 12.4. The summed E-state index contributed by atoms with van der Waals surface area (Å²) in [6.07, 6.45) is -3.14. The topological polar surface area (TPSA) is 32.3 Å². The number of fused-ring (bicyclic) bond motifs is 1. The number of carbonyl (C=O) groups excluding carboxylic acids is 1. The van der Waals surface area contributed by atoms with Crippen molar-refractivity contribution in [2.75, 3.05) is 16.8 Å². The summed E-state index contributed by atoms with van der Waals surface area (Å²) in [7, 11) is 0. The molecule has 0 aromatic heterocycles. The van der Waals surface area contributed by atoms with Crippen molar-refractivity contribution >= 4 is 29.4 Å². The van der Waals surface area contributed by atoms with Crippen molar-refractivity contribution in [1.29, 1.82) is 0 Å². The van der Waals surface area contributed by atoms with Gasteiger partial charge in [-0.3, -0.25) is 4.79 Å². The van der Waals surface area contributed by atoms with Crippen LogP contribution in [0.4, 0.5) is 24.5 Å². The molecule has 2 aromatic rings. The Kier molecular flexibility index (Phi) is 4.41. The summed E-state index contributed by atoms with van der Waals surface area (Å²) in [5, 5.41) is 2.95. The van der Waals surface area contributed by atoms with Crippen molar-refractivity contribution in [2.24, 2.45) is 0 Å². The Morgan fingerprint density at radius 3 is 2.58 bits per heavy atom. The predicted molar refractivity (Wildman–Crippen MR) is 87.3 cm³/mol. The number of rotatable bonds is 3. The second-order valence-electron chi connectivity index (χ2n) is 5.58. The van der Waals surface area contributed by atoms with Gasteiger partial charge in [0.2, 0.25) is 6.41 Å². The third kappa shape index (κ3) is 3.33. The van der Waals surface area contributed by atoms with Gasteiger partial charge in [0.05, 0.1) is 16.3 Å². The van der Waals surface area contributed by atoms with E-state index in [1.54, 1.807) is 24.3 Å². The smallest absolute Gasteiger partial charge is 0.366 e. The van der Waals surface area contributed by atoms with Crippen LogP contribution >= 0.6 is 11.6 Å². The van der Waals surface area contributed by atoms with Crippen LogP contribution in [0.15, 0.2) is 36.4 Å². The SMILES string of the molecule is O=CNc1ccc(N2CCc3ccc(C(F)(F)F)cc3C2)c(Cl)c1. The van der Waals surface area contributed by atoms with E-state index in [9.17, 15) is 18.0 Å². The molecule has 0 saturated carbocycles. The zero-order valence-electron chi connectivity index (χ0n) is 12.5. The van der Waals surface area contributed by atoms with Gasteiger partial charge in [-0.05, 0) is 47.9 Å². The fraction of sp³-hybridized carbons (Fsp3) is 0.235. The van der Waals surface area contributed by atoms with Crippen LogP contribution in [0.5, 0.6) is 0 Å². The van der Waals surface area contributed by atoms with E-state index in [4.69, 9.17) is 11.6 Å². The molecular weight excluding hydrogens is 341 g/mol. The van der Waals surface area contributed by atoms with Gasteiger partial charge in [-0.15, -0.1) is 0 Å². The second-order valence-corrected chi connectivity index (χ2v) is 5.99. The first-order valence-corrected chi connectivity index (χ1v) is 7.70. The van der Waals surface area contributed by atoms with Crippen LogP contribution in [-0.2, 0) is 23.9 Å². The lowest BCUT2D eigenvalue weighted by Gasteiger charge is -2.32. The fourth-order valence-corrected chi connectivity index (χ4v) is 3.16. The highest BCUT2D eigenvalue weighted by Gasteiger charge is 2.31. The van der Waals surface area contributed by atoms with Gasteiger partial charge < -0.3 is 10.2 Å². The first-order valence-electron chi connectivity index (χ1n) is 7.32. The lowest BCUT2D eigenvalue weighted by atomic mass is 9.96. The molecule has 0 radical (unpaired) electrons. The highest BCUT2D eigenvalue weighted by molar-refractivity contribution is 6.33. The summed E-state index contributed by atoms with van der Waals surface area (Å²) in [6.45, 7) is 1.03. The Morgan fingerprint density at radius 2 is 1.92 bits per heavy atom. The molecule has 1 N–H and O–H groups in total. The van der Waals surface area contributed by atoms with Crippen molar-refractivity contribution in [2.45, 2.75) is 19.1 Å². The average molecular weight is 355 g/mol. The molecule has 0 bridgehead atoms. The molecule has 0 saturated heterocycles. The summed E-state index contributed by atoms with van der Waals surface area (Å²) >= 11 is 6.25. The number of benzene rings is 2. The summed E-state index contributed by atoms with van der Waals surface area (Å²) in [6, 6.07) is 8.96. The quantitative estimate of drug-likeness (QED) is 0.824. The van der Waals surface area contributed by atoms with E-state index in [0.29, 0.717) is 42.2 Å². The molecule has 1 amide bonds. The summed E-state index contributed by atoms with van der Waals surface area (Å²) < 4.78 is 38.7. The van der Waals surface area contributed by atoms with Crippen LogP contribution in [0.25, 0.3) is 0 Å². The molecule has 1 aliphatic rings. The molecule has 0 spiro atoms. The third-order valence-corrected chi connectivity index (χ3v) is 4.36. The van der Waals surface area contributed by atoms with E-state index < -0.39 is 11.7 Å². The summed E-state index contributed by atoms with van der Waals surface area (Å²) in [5.41, 5.74) is 2.24. The van der Waals surface area contributed by atoms with Crippen LogP contribution in [0.1, 0.15) is 16.7 Å². The van der Waals surface area contributed by atoms with Crippen molar-refractivity contribution in [3.8, 4) is 0 Å². The highest BCUT2D eigenvalue weighted by atomic mass is 35.5. The fourth-order valence-electron chi connectivity index (χ4n) is 2.86. The highest BCUT2D eigenvalue weighted by Crippen LogP contribution is 2.35. The van der Waals surface area contributed by atoms with Gasteiger partial charge in [0.25, 0.3) is 0 Å². The number of halogens is 4. The second kappa shape index (κ2) is 6.36. The molecule has 7 heteroatoms. The van der Waals surface area contributed by atoms with E-state index in [2.05, 4.69) is 5.32 Å². The minimum absolute atomic E-state index is 0.361. The van der Waals surface area contributed by atoms with Crippen molar-refractivity contribution in [3.05, 3.63) is 58.1 Å². The van der Waals surface area contributed by atoms with Gasteiger partial charge in [-0.1, -0.05) is 17.7 Å². The van der Waals surface area contributed by atoms with Crippen molar-refractivity contribution in [3.63, 3.8) is 0 Å². The van der Waals surface area contributed by atoms with E-state index in [1.165, 1.54) is 6.07 Å². The molecule has 0 unspecified atom stereocenters. The molecule has 1 heterocycles. The Labute approximate surface area is 142 Å². The van der Waals surface area contributed by atoms with E-state index in [0.717, 1.165) is 17.3 Å². The van der Waals surface area contributed by atoms with Gasteiger partial charge in [0.15, 0.2) is 0 Å². The average Bonchev–Trinajstić information content (AvgIpc) is 2.53. The van der Waals surface area contributed by atoms with Gasteiger partial charge in [0.1, 0.15) is 0 Å². The number of amides is 1. The largest absolute Gasteiger partial charge is 0.416 e. The zero-order valence-corrected chi connectivity index (χ0v) is 13.3. The molecule has 24 heavy (non-hydrogen) atoms. The Morgan fingerprint density at radius 1 is 1.12 bits per heavy atom. The van der Waals surface area contributed by atoms with Crippen LogP contribution < -0.4 is 10.2 Å². The number of hydrogen-bond donors (Lipinski definition) is 1. The first kappa shape index (κ1) is 16.6. The van der Waals surface area contributed by atoms with Crippen LogP contribution in [0, 0.1) is 0 Å². The van der Waals surface area contributed by atoms with Crippen molar-refractivity contribution < 1.29 is 18.0 Å². The molecule has 1 aliphatic heterocycles. The van der Waals surface area contributed by atoms with Gasteiger partial charge in [-0.2, -0.15) is 13.2 Å². The molecule has 0 atom stereocenters. The molecule has 126 valence electrons. The van der Waals surface area contributed by atoms with Gasteiger partial charge in [-0.25, -0.2) is 0 Å². The maximum Gasteiger partial charge on any atom is 0.416 e. The lowest BCUT2D eigenvalue weighted by molar-refractivity contribution is -0.137. The van der Waals surface area contributed by atoms with Gasteiger partial charge >= 0.3 is 6.18 Å². The Hall–Kier alpha value is -2.21. The standard InChI is InChI=1S/C17H14ClF3N2O/c18-15-8-14(22-10-24)3-4-16(15)23-6-5-11-1-2-13(17(19,20)21)7-12(11)9-23/h1-4,7-8,10H,5-6,9H2,(H,22,24). The maximum absolute atomic E-state index is 12.9. The molecule has 0 aliphatic carbocycles. The van der Waals surface area contributed by atoms with Crippen LogP contribution in [-0.4, -0.2) is 13.0 Å². The van der Waals surface area contributed by atoms with Crippen LogP contribution in [0.2, 0.25) is 5.02 Å². The van der Waals surface area contributed by atoms with E-state index in [1.807, 2.05) is 4.90 Å². The number of carbonyl (C=O) groups is 1. The molecule has 3 nitrogen and oxygen atoms in total. The van der Waals surface area contributed by atoms with E-state index >= 15 is 0 Å². The number of hydrogen-bond acceptors (Lipinski definition) is 2. The first-order chi connectivity index (χ1) is 11.4. The predicted octanol–water partition coefficient (Wildman–Crippen LogP) is 4.49. The normalized spacial score (nSPS) is 14.2. The Bertz CT molecular complexity index is 777. The van der Waals surface area contributed by atoms with Crippen LogP contribution in [0.3, 0.4) is 0 Å². The number of nitrogens with one attached hydrogen (secondary N) is 1. The minimum atomic E-state index is -4.35. The van der Waals surface area contributed by atoms with E-state index in [-0.39, 0.29) is 0 Å². The third-order valence-electron chi connectivity index (χ3n) is 4.06. The molecule has 3 rings (SSSR count). The molecular formula is C17H14ClF3N2O. The minimum Gasteiger partial charge on any atom is -0.366 e. The number of anilines is 2. The lowest BCUT2D eigenvalue weighted by Crippen LogP contribution is -2.30. The Balaban J connectivity index is 1.88. The monoisotopic (exact) mass is 354 g/mol. The maximum atomic E-state index is 12.9. The summed E-state index contributed by atoms with van der Waals surface area (Å²) in [5.74, 6) is 0. The number of alkyl halides is 3.